The fourth-order valence-electron chi connectivity index (χ4n) is 5.64. The van der Waals surface area contributed by atoms with Crippen molar-refractivity contribution in [3.8, 4) is 0 Å². The van der Waals surface area contributed by atoms with Gasteiger partial charge in [0.15, 0.2) is 21.0 Å². The molecule has 15 heteroatoms. The van der Waals surface area contributed by atoms with Gasteiger partial charge in [0.1, 0.15) is 31.0 Å². The standard InChI is InChI=1S/C34H41NO12SSi/c1-20-13-15-21(16-14-20)29(37)42-19-25(36)35-26-23(44-31(35)39)17-34(30(38)41-5,48-22-11-9-8-10-12-22)46-28(26)27-24(18-43-32(40)45-27)47-49(6,7)33(2,3)4/h8-16,23-24,26-28H,17-19H2,1-7H3/t23-,24?,26+,27?,28+,34+/m0/s1. The van der Waals surface area contributed by atoms with Crippen molar-refractivity contribution in [3.05, 3.63) is 65.7 Å². The monoisotopic (exact) mass is 715 g/mol. The molecule has 49 heavy (non-hydrogen) atoms. The average molecular weight is 716 g/mol. The smallest absolute Gasteiger partial charge is 0.466 e. The van der Waals surface area contributed by atoms with E-state index in [9.17, 15) is 24.0 Å². The van der Waals surface area contributed by atoms with E-state index >= 15 is 0 Å². The van der Waals surface area contributed by atoms with E-state index < -0.39 is 80.4 Å². The Labute approximate surface area is 289 Å². The molecule has 6 atom stereocenters. The molecular weight excluding hydrogens is 675 g/mol. The normalized spacial score (nSPS) is 26.9. The Hall–Kier alpha value is -3.92. The first-order valence-electron chi connectivity index (χ1n) is 15.8. The molecule has 264 valence electrons. The Morgan fingerprint density at radius 3 is 2.31 bits per heavy atom. The largest absolute Gasteiger partial charge is 0.508 e. The molecule has 0 aromatic heterocycles. The minimum absolute atomic E-state index is 0.207. The topological polar surface area (TPSA) is 153 Å². The first kappa shape index (κ1) is 36.4. The number of esters is 2. The minimum atomic E-state index is -2.55. The van der Waals surface area contributed by atoms with Crippen molar-refractivity contribution >= 4 is 50.2 Å². The maximum Gasteiger partial charge on any atom is 0.508 e. The van der Waals surface area contributed by atoms with Crippen molar-refractivity contribution in [1.82, 2.24) is 4.90 Å². The Kier molecular flexibility index (Phi) is 10.5. The number of imide groups is 1. The molecule has 5 rings (SSSR count). The summed E-state index contributed by atoms with van der Waals surface area (Å²) in [6, 6.07) is 14.3. The molecule has 13 nitrogen and oxygen atoms in total. The zero-order valence-electron chi connectivity index (χ0n) is 28.5. The quantitative estimate of drug-likeness (QED) is 0.189. The van der Waals surface area contributed by atoms with E-state index in [1.54, 1.807) is 48.5 Å². The van der Waals surface area contributed by atoms with Gasteiger partial charge in [-0.2, -0.15) is 0 Å². The number of hydrogen-bond donors (Lipinski definition) is 0. The van der Waals surface area contributed by atoms with Crippen molar-refractivity contribution in [2.24, 2.45) is 0 Å². The van der Waals surface area contributed by atoms with Crippen molar-refractivity contribution in [2.75, 3.05) is 20.3 Å². The first-order valence-corrected chi connectivity index (χ1v) is 19.6. The zero-order chi connectivity index (χ0) is 35.7. The second-order valence-corrected chi connectivity index (χ2v) is 19.7. The highest BCUT2D eigenvalue weighted by molar-refractivity contribution is 8.01. The second kappa shape index (κ2) is 14.1. The Bertz CT molecular complexity index is 1580. The summed E-state index contributed by atoms with van der Waals surface area (Å²) in [5.74, 6) is -2.44. The van der Waals surface area contributed by atoms with Crippen LogP contribution in [0.3, 0.4) is 0 Å². The molecule has 0 saturated carbocycles. The summed E-state index contributed by atoms with van der Waals surface area (Å²) >= 11 is 1.04. The number of nitrogens with zero attached hydrogens (tertiary/aromatic N) is 1. The van der Waals surface area contributed by atoms with Gasteiger partial charge >= 0.3 is 24.2 Å². The molecule has 3 aliphatic heterocycles. The van der Waals surface area contributed by atoms with Gasteiger partial charge in [0, 0.05) is 11.3 Å². The van der Waals surface area contributed by atoms with Crippen LogP contribution in [0.1, 0.15) is 43.1 Å². The highest BCUT2D eigenvalue weighted by atomic mass is 32.2. The maximum absolute atomic E-state index is 13.7. The molecule has 0 N–H and O–H groups in total. The lowest BCUT2D eigenvalue weighted by Crippen LogP contribution is -2.67. The number of amides is 2. The molecule has 2 aromatic rings. The molecule has 2 unspecified atom stereocenters. The van der Waals surface area contributed by atoms with E-state index in [4.69, 9.17) is 32.8 Å². The highest BCUT2D eigenvalue weighted by Gasteiger charge is 2.65. The first-order chi connectivity index (χ1) is 23.0. The third kappa shape index (κ3) is 7.64. The Morgan fingerprint density at radius 2 is 1.67 bits per heavy atom. The van der Waals surface area contributed by atoms with E-state index in [-0.39, 0.29) is 23.6 Å². The summed E-state index contributed by atoms with van der Waals surface area (Å²) in [6.07, 6.45) is -6.92. The SMILES string of the molecule is COC(=O)[C@]1(Sc2ccccc2)C[C@@H]2OC(=O)N(C(=O)COC(=O)c3ccc(C)cc3)[C@H]2[C@H](C2OC(=O)OCC2O[Si](C)(C)C(C)(C)C)O1. The van der Waals surface area contributed by atoms with Crippen molar-refractivity contribution in [3.63, 3.8) is 0 Å². The third-order valence-corrected chi connectivity index (χ3v) is 15.0. The van der Waals surface area contributed by atoms with E-state index in [0.29, 0.717) is 4.90 Å². The number of methoxy groups -OCH3 is 1. The van der Waals surface area contributed by atoms with Gasteiger partial charge in [0.2, 0.25) is 4.93 Å². The molecule has 3 heterocycles. The number of rotatable bonds is 9. The second-order valence-electron chi connectivity index (χ2n) is 13.6. The van der Waals surface area contributed by atoms with Crippen molar-refractivity contribution < 1.29 is 56.8 Å². The zero-order valence-corrected chi connectivity index (χ0v) is 30.3. The molecular formula is C34H41NO12SSi. The van der Waals surface area contributed by atoms with Gasteiger partial charge in [-0.3, -0.25) is 4.79 Å². The summed E-state index contributed by atoms with van der Waals surface area (Å²) in [6.45, 7) is 11.0. The number of cyclic esters (lactones) is 2. The molecule has 3 fully saturated rings. The maximum atomic E-state index is 13.7. The van der Waals surface area contributed by atoms with Gasteiger partial charge in [0.25, 0.3) is 5.91 Å². The summed E-state index contributed by atoms with van der Waals surface area (Å²) < 4.78 is 40.6. The van der Waals surface area contributed by atoms with Crippen LogP contribution in [0.25, 0.3) is 0 Å². The summed E-state index contributed by atoms with van der Waals surface area (Å²) in [5.41, 5.74) is 1.15. The summed E-state index contributed by atoms with van der Waals surface area (Å²) in [7, 11) is -1.35. The molecule has 2 aromatic carbocycles. The fraction of sp³-hybridized carbons (Fsp3) is 0.500. The number of benzene rings is 2. The van der Waals surface area contributed by atoms with Crippen LogP contribution >= 0.6 is 11.8 Å². The van der Waals surface area contributed by atoms with Crippen LogP contribution in [0.2, 0.25) is 18.1 Å². The number of carbonyl (C=O) groups is 5. The molecule has 0 aliphatic carbocycles. The van der Waals surface area contributed by atoms with E-state index in [1.807, 2.05) is 46.9 Å². The van der Waals surface area contributed by atoms with Crippen molar-refractivity contribution in [2.45, 2.75) is 92.5 Å². The van der Waals surface area contributed by atoms with Crippen LogP contribution in [0, 0.1) is 6.92 Å². The number of fused-ring (bicyclic) bond motifs is 1. The van der Waals surface area contributed by atoms with Gasteiger partial charge in [-0.25, -0.2) is 24.1 Å². The number of thioether (sulfide) groups is 1. The lowest BCUT2D eigenvalue weighted by molar-refractivity contribution is -0.215. The highest BCUT2D eigenvalue weighted by Crippen LogP contribution is 2.49. The van der Waals surface area contributed by atoms with Crippen molar-refractivity contribution in [1.29, 1.82) is 0 Å². The van der Waals surface area contributed by atoms with Crippen LogP contribution in [-0.4, -0.2) is 99.0 Å². The van der Waals surface area contributed by atoms with E-state index in [0.717, 1.165) is 22.2 Å². The molecule has 0 bridgehead atoms. The fourth-order valence-corrected chi connectivity index (χ4v) is 8.20. The summed E-state index contributed by atoms with van der Waals surface area (Å²) in [4.78, 5) is 65.9. The number of carbonyl (C=O) groups excluding carboxylic acids is 5. The molecule has 3 saturated heterocycles. The number of hydrogen-bond acceptors (Lipinski definition) is 13. The number of ether oxygens (including phenoxy) is 6. The summed E-state index contributed by atoms with van der Waals surface area (Å²) in [5, 5.41) is -0.260. The minimum Gasteiger partial charge on any atom is -0.466 e. The van der Waals surface area contributed by atoms with E-state index in [1.165, 1.54) is 7.11 Å². The van der Waals surface area contributed by atoms with Crippen LogP contribution in [0.15, 0.2) is 59.5 Å². The molecule has 3 aliphatic rings. The van der Waals surface area contributed by atoms with Gasteiger partial charge < -0.3 is 32.8 Å². The molecule has 0 radical (unpaired) electrons. The predicted molar refractivity (Wildman–Crippen MR) is 177 cm³/mol. The van der Waals surface area contributed by atoms with Gasteiger partial charge in [-0.1, -0.05) is 68.4 Å². The van der Waals surface area contributed by atoms with Gasteiger partial charge in [-0.15, -0.1) is 0 Å². The average Bonchev–Trinajstić information content (AvgIpc) is 3.38. The third-order valence-electron chi connectivity index (χ3n) is 9.21. The van der Waals surface area contributed by atoms with E-state index in [2.05, 4.69) is 0 Å². The lowest BCUT2D eigenvalue weighted by Gasteiger charge is -2.49. The number of aryl methyl sites for hydroxylation is 1. The Morgan fingerprint density at radius 1 is 1.00 bits per heavy atom. The molecule has 2 amide bonds. The lowest BCUT2D eigenvalue weighted by atomic mass is 9.89. The van der Waals surface area contributed by atoms with Gasteiger partial charge in [0.05, 0.1) is 12.7 Å². The van der Waals surface area contributed by atoms with Crippen LogP contribution < -0.4 is 0 Å². The van der Waals surface area contributed by atoms with Gasteiger partial charge in [-0.05, 0) is 49.3 Å². The van der Waals surface area contributed by atoms with Crippen LogP contribution in [-0.2, 0) is 42.4 Å². The molecule has 0 spiro atoms. The van der Waals surface area contributed by atoms with Crippen LogP contribution in [0.4, 0.5) is 9.59 Å². The predicted octanol–water partition coefficient (Wildman–Crippen LogP) is 5.24. The van der Waals surface area contributed by atoms with Crippen LogP contribution in [0.5, 0.6) is 0 Å². The Balaban J connectivity index is 1.52.